The average Bonchev–Trinajstić information content (AvgIpc) is 2.92. The van der Waals surface area contributed by atoms with Crippen LogP contribution < -0.4 is 10.6 Å². The summed E-state index contributed by atoms with van der Waals surface area (Å²) in [6.45, 7) is -0.269. The molecule has 0 saturated carbocycles. The molecule has 7 nitrogen and oxygen atoms in total. The highest BCUT2D eigenvalue weighted by molar-refractivity contribution is 6.10. The van der Waals surface area contributed by atoms with E-state index >= 15 is 0 Å². The van der Waals surface area contributed by atoms with E-state index < -0.39 is 29.7 Å². The van der Waals surface area contributed by atoms with Gasteiger partial charge in [0.05, 0.1) is 5.56 Å². The number of carbonyl (C=O) groups excluding carboxylic acids is 3. The van der Waals surface area contributed by atoms with Crippen molar-refractivity contribution in [2.24, 2.45) is 0 Å². The second-order valence-electron chi connectivity index (χ2n) is 6.07. The van der Waals surface area contributed by atoms with Gasteiger partial charge in [0.1, 0.15) is 0 Å². The number of aromatic nitrogens is 1. The third-order valence-corrected chi connectivity index (χ3v) is 4.22. The van der Waals surface area contributed by atoms with Crippen molar-refractivity contribution in [1.29, 1.82) is 0 Å². The highest BCUT2D eigenvalue weighted by atomic mass is 19.4. The monoisotopic (exact) mass is 392 g/mol. The molecular weight excluding hydrogens is 377 g/mol. The number of benzene rings is 1. The van der Waals surface area contributed by atoms with E-state index in [0.717, 1.165) is 11.8 Å². The number of urea groups is 1. The summed E-state index contributed by atoms with van der Waals surface area (Å²) in [5.74, 6) is -2.78. The smallest absolute Gasteiger partial charge is 0.314 e. The summed E-state index contributed by atoms with van der Waals surface area (Å²) >= 11 is 0. The third kappa shape index (κ3) is 3.53. The predicted octanol–water partition coefficient (Wildman–Crippen LogP) is 1.86. The largest absolute Gasteiger partial charge is 0.440 e. The molecule has 1 aliphatic rings. The molecule has 0 radical (unpaired) electrons. The molecule has 0 unspecified atom stereocenters. The van der Waals surface area contributed by atoms with E-state index in [0.29, 0.717) is 4.90 Å². The topological polar surface area (TPSA) is 91.4 Å². The van der Waals surface area contributed by atoms with Gasteiger partial charge in [-0.05, 0) is 24.1 Å². The van der Waals surface area contributed by atoms with Gasteiger partial charge in [-0.25, -0.2) is 4.79 Å². The molecule has 1 aliphatic heterocycles. The molecule has 2 heterocycles. The molecule has 28 heavy (non-hydrogen) atoms. The number of hydrogen-bond acceptors (Lipinski definition) is 4. The average molecular weight is 392 g/mol. The fourth-order valence-electron chi connectivity index (χ4n) is 2.75. The first-order chi connectivity index (χ1) is 13.2. The minimum Gasteiger partial charge on any atom is -0.314 e. The molecule has 10 heteroatoms. The number of hydrogen-bond donors (Lipinski definition) is 2. The Bertz CT molecular complexity index is 890. The number of carbonyl (C=O) groups is 3. The van der Waals surface area contributed by atoms with Crippen LogP contribution in [0.2, 0.25) is 0 Å². The van der Waals surface area contributed by atoms with Crippen molar-refractivity contribution < 1.29 is 27.6 Å². The lowest BCUT2D eigenvalue weighted by Gasteiger charge is -2.29. The first-order valence-corrected chi connectivity index (χ1v) is 8.22. The zero-order valence-electron chi connectivity index (χ0n) is 14.4. The van der Waals surface area contributed by atoms with E-state index in [1.807, 2.05) is 0 Å². The van der Waals surface area contributed by atoms with Crippen LogP contribution in [0.5, 0.6) is 0 Å². The predicted molar refractivity (Wildman–Crippen MR) is 90.9 cm³/mol. The SMILES string of the molecule is O=C(N[C@]1(C(F)(F)F)NC(=O)N(CCc2ccccc2)C1=O)c1cccnc1. The molecule has 1 saturated heterocycles. The molecule has 1 aromatic heterocycles. The standard InChI is InChI=1S/C18H15F3N4O3/c19-18(20,21)17(23-14(26)13-7-4-9-22-11-13)15(27)25(16(28)24-17)10-8-12-5-2-1-3-6-12/h1-7,9,11H,8,10H2,(H,23,26)(H,24,28)/t17-/m0/s1. The highest BCUT2D eigenvalue weighted by Crippen LogP contribution is 2.34. The first-order valence-electron chi connectivity index (χ1n) is 8.22. The minimum absolute atomic E-state index is 0.171. The Morgan fingerprint density at radius 3 is 2.46 bits per heavy atom. The van der Waals surface area contributed by atoms with E-state index in [-0.39, 0.29) is 18.5 Å². The number of alkyl halides is 3. The van der Waals surface area contributed by atoms with Crippen molar-refractivity contribution in [3.63, 3.8) is 0 Å². The van der Waals surface area contributed by atoms with Crippen LogP contribution in [-0.2, 0) is 11.2 Å². The summed E-state index contributed by atoms with van der Waals surface area (Å²) in [7, 11) is 0. The lowest BCUT2D eigenvalue weighted by Crippen LogP contribution is -2.69. The van der Waals surface area contributed by atoms with Gasteiger partial charge in [-0.1, -0.05) is 30.3 Å². The van der Waals surface area contributed by atoms with Gasteiger partial charge in [-0.2, -0.15) is 13.2 Å². The number of nitrogens with zero attached hydrogens (tertiary/aromatic N) is 2. The Labute approximate surface area is 157 Å². The molecule has 0 spiro atoms. The minimum atomic E-state index is -5.25. The number of rotatable bonds is 5. The molecule has 0 bridgehead atoms. The first kappa shape index (κ1) is 19.3. The number of nitrogens with one attached hydrogen (secondary N) is 2. The van der Waals surface area contributed by atoms with E-state index in [2.05, 4.69) is 4.98 Å². The van der Waals surface area contributed by atoms with Crippen molar-refractivity contribution in [1.82, 2.24) is 20.5 Å². The van der Waals surface area contributed by atoms with Crippen LogP contribution >= 0.6 is 0 Å². The van der Waals surface area contributed by atoms with Crippen molar-refractivity contribution in [3.05, 3.63) is 66.0 Å². The summed E-state index contributed by atoms with van der Waals surface area (Å²) in [5.41, 5.74) is -2.98. The van der Waals surface area contributed by atoms with Crippen molar-refractivity contribution in [3.8, 4) is 0 Å². The fraction of sp³-hybridized carbons (Fsp3) is 0.222. The maximum absolute atomic E-state index is 13.8. The van der Waals surface area contributed by atoms with Crippen molar-refractivity contribution in [2.75, 3.05) is 6.54 Å². The van der Waals surface area contributed by atoms with Crippen molar-refractivity contribution in [2.45, 2.75) is 18.3 Å². The van der Waals surface area contributed by atoms with Crippen LogP contribution in [0.15, 0.2) is 54.9 Å². The summed E-state index contributed by atoms with van der Waals surface area (Å²) in [6.07, 6.45) is -2.69. The van der Waals surface area contributed by atoms with E-state index in [4.69, 9.17) is 0 Å². The van der Waals surface area contributed by atoms with Gasteiger partial charge in [0, 0.05) is 18.9 Å². The normalized spacial score (nSPS) is 19.5. The zero-order chi connectivity index (χ0) is 20.4. The quantitative estimate of drug-likeness (QED) is 0.760. The number of amides is 4. The van der Waals surface area contributed by atoms with E-state index in [1.165, 1.54) is 18.3 Å². The molecule has 1 atom stereocenters. The molecule has 4 amide bonds. The molecule has 2 aromatic rings. The van der Waals surface area contributed by atoms with Crippen LogP contribution in [0.25, 0.3) is 0 Å². The molecule has 1 fully saturated rings. The number of halogens is 3. The van der Waals surface area contributed by atoms with E-state index in [9.17, 15) is 27.6 Å². The molecule has 0 aliphatic carbocycles. The Morgan fingerprint density at radius 2 is 1.86 bits per heavy atom. The van der Waals surface area contributed by atoms with Gasteiger partial charge >= 0.3 is 12.2 Å². The molecule has 2 N–H and O–H groups in total. The molecule has 1 aromatic carbocycles. The number of imide groups is 1. The molecular formula is C18H15F3N4O3. The number of pyridine rings is 1. The van der Waals surface area contributed by atoms with Gasteiger partial charge in [0.15, 0.2) is 0 Å². The maximum atomic E-state index is 13.8. The summed E-state index contributed by atoms with van der Waals surface area (Å²) < 4.78 is 41.3. The van der Waals surface area contributed by atoms with Crippen LogP contribution in [0, 0.1) is 0 Å². The second-order valence-corrected chi connectivity index (χ2v) is 6.07. The summed E-state index contributed by atoms with van der Waals surface area (Å²) in [6, 6.07) is 10.0. The Morgan fingerprint density at radius 1 is 1.14 bits per heavy atom. The van der Waals surface area contributed by atoms with Crippen LogP contribution in [0.3, 0.4) is 0 Å². The van der Waals surface area contributed by atoms with E-state index in [1.54, 1.807) is 41.0 Å². The second kappa shape index (κ2) is 7.29. The van der Waals surface area contributed by atoms with Gasteiger partial charge in [-0.3, -0.25) is 24.8 Å². The lowest BCUT2D eigenvalue weighted by molar-refractivity contribution is -0.200. The molecule has 3 rings (SSSR count). The highest BCUT2D eigenvalue weighted by Gasteiger charge is 2.68. The summed E-state index contributed by atoms with van der Waals surface area (Å²) in [5, 5.41) is 3.23. The Balaban J connectivity index is 1.84. The third-order valence-electron chi connectivity index (χ3n) is 4.22. The van der Waals surface area contributed by atoms with Crippen molar-refractivity contribution >= 4 is 17.8 Å². The Hall–Kier alpha value is -3.43. The lowest BCUT2D eigenvalue weighted by atomic mass is 10.1. The van der Waals surface area contributed by atoms with Crippen LogP contribution in [-0.4, -0.2) is 46.1 Å². The maximum Gasteiger partial charge on any atom is 0.440 e. The van der Waals surface area contributed by atoms with Gasteiger partial charge in [0.25, 0.3) is 17.5 Å². The zero-order valence-corrected chi connectivity index (χ0v) is 14.4. The Kier molecular flexibility index (Phi) is 5.04. The molecule has 146 valence electrons. The van der Waals surface area contributed by atoms with Crippen LogP contribution in [0.4, 0.5) is 18.0 Å². The fourth-order valence-corrected chi connectivity index (χ4v) is 2.75. The summed E-state index contributed by atoms with van der Waals surface area (Å²) in [4.78, 5) is 41.0. The van der Waals surface area contributed by atoms with Gasteiger partial charge in [0.2, 0.25) is 0 Å². The van der Waals surface area contributed by atoms with Gasteiger partial charge in [-0.15, -0.1) is 0 Å². The van der Waals surface area contributed by atoms with Crippen LogP contribution in [0.1, 0.15) is 15.9 Å². The van der Waals surface area contributed by atoms with Gasteiger partial charge < -0.3 is 5.32 Å².